The summed E-state index contributed by atoms with van der Waals surface area (Å²) in [5, 5.41) is 17.2. The van der Waals surface area contributed by atoms with Crippen molar-refractivity contribution in [2.45, 2.75) is 40.2 Å². The van der Waals surface area contributed by atoms with Crippen molar-refractivity contribution in [2.24, 2.45) is 7.05 Å². The Morgan fingerprint density at radius 3 is 2.48 bits per heavy atom. The van der Waals surface area contributed by atoms with Gasteiger partial charge in [-0.05, 0) is 36.7 Å². The topological polar surface area (TPSA) is 74.6 Å². The third-order valence-corrected chi connectivity index (χ3v) is 4.99. The summed E-state index contributed by atoms with van der Waals surface area (Å²) in [6.45, 7) is 8.68. The van der Waals surface area contributed by atoms with Gasteiger partial charge in [-0.25, -0.2) is 0 Å². The van der Waals surface area contributed by atoms with E-state index in [-0.39, 0.29) is 5.92 Å². The van der Waals surface area contributed by atoms with Crippen LogP contribution in [0.1, 0.15) is 35.8 Å². The van der Waals surface area contributed by atoms with Crippen LogP contribution in [0.15, 0.2) is 15.1 Å². The quantitative estimate of drug-likeness (QED) is 0.696. The molecule has 8 heteroatoms. The molecule has 3 aromatic heterocycles. The van der Waals surface area contributed by atoms with Crippen molar-refractivity contribution in [1.82, 2.24) is 29.8 Å². The summed E-state index contributed by atoms with van der Waals surface area (Å²) in [7, 11) is 1.87. The molecule has 23 heavy (non-hydrogen) atoms. The van der Waals surface area contributed by atoms with Gasteiger partial charge in [0.15, 0.2) is 0 Å². The van der Waals surface area contributed by atoms with Crippen molar-refractivity contribution in [3.63, 3.8) is 0 Å². The van der Waals surface area contributed by atoms with Crippen molar-refractivity contribution in [1.29, 1.82) is 0 Å². The molecule has 0 aliphatic carbocycles. The van der Waals surface area contributed by atoms with E-state index >= 15 is 0 Å². The lowest BCUT2D eigenvalue weighted by molar-refractivity contribution is 0.420. The molecule has 1 atom stereocenters. The van der Waals surface area contributed by atoms with Crippen molar-refractivity contribution >= 4 is 15.9 Å². The summed E-state index contributed by atoms with van der Waals surface area (Å²) in [4.78, 5) is 0. The first-order valence-corrected chi connectivity index (χ1v) is 8.19. The van der Waals surface area contributed by atoms with Gasteiger partial charge in [0.05, 0.1) is 33.9 Å². The van der Waals surface area contributed by atoms with Crippen LogP contribution in [0.25, 0.3) is 11.5 Å². The number of hydrogen-bond donors (Lipinski definition) is 0. The molecule has 0 amide bonds. The average Bonchev–Trinajstić information content (AvgIpc) is 3.16. The maximum atomic E-state index is 5.85. The van der Waals surface area contributed by atoms with Gasteiger partial charge in [-0.1, -0.05) is 6.92 Å². The van der Waals surface area contributed by atoms with E-state index in [1.165, 1.54) is 0 Å². The fourth-order valence-electron chi connectivity index (χ4n) is 2.54. The molecular weight excluding hydrogens is 360 g/mol. The van der Waals surface area contributed by atoms with Crippen LogP contribution in [0, 0.1) is 20.8 Å². The number of aryl methyl sites for hydroxylation is 3. The minimum Gasteiger partial charge on any atom is -0.420 e. The summed E-state index contributed by atoms with van der Waals surface area (Å²) in [5.74, 6) is 1.18. The standard InChI is InChI=1S/C15H19BrN6O/c1-8(6-22-11(4)13(16)10(3)20-22)14-17-18-15(23-14)12-7-21(5)19-9(12)2/h7-8H,6H2,1-5H3. The van der Waals surface area contributed by atoms with E-state index in [1.54, 1.807) is 4.68 Å². The molecule has 3 rings (SSSR count). The Labute approximate surface area is 142 Å². The SMILES string of the molecule is Cc1nn(C)cc1-c1nnc(C(C)Cn2nc(C)c(Br)c2C)o1. The van der Waals surface area contributed by atoms with Crippen LogP contribution in [0.2, 0.25) is 0 Å². The first-order chi connectivity index (χ1) is 10.9. The normalized spacial score (nSPS) is 12.8. The minimum atomic E-state index is 0.0677. The smallest absolute Gasteiger partial charge is 0.251 e. The molecule has 0 N–H and O–H groups in total. The van der Waals surface area contributed by atoms with E-state index in [0.717, 1.165) is 27.1 Å². The van der Waals surface area contributed by atoms with Crippen LogP contribution >= 0.6 is 15.9 Å². The predicted octanol–water partition coefficient (Wildman–Crippen LogP) is 3.16. The largest absolute Gasteiger partial charge is 0.420 e. The summed E-state index contributed by atoms with van der Waals surface area (Å²) in [6, 6.07) is 0. The van der Waals surface area contributed by atoms with Crippen LogP contribution < -0.4 is 0 Å². The Bertz CT molecular complexity index is 846. The van der Waals surface area contributed by atoms with Crippen molar-refractivity contribution in [3.05, 3.63) is 33.6 Å². The highest BCUT2D eigenvalue weighted by atomic mass is 79.9. The molecular formula is C15H19BrN6O. The van der Waals surface area contributed by atoms with Crippen LogP contribution in [-0.2, 0) is 13.6 Å². The molecule has 0 bridgehead atoms. The van der Waals surface area contributed by atoms with Gasteiger partial charge in [0.2, 0.25) is 5.89 Å². The zero-order chi connectivity index (χ0) is 16.7. The lowest BCUT2D eigenvalue weighted by Crippen LogP contribution is -2.09. The zero-order valence-electron chi connectivity index (χ0n) is 13.8. The second-order valence-electron chi connectivity index (χ2n) is 5.82. The Morgan fingerprint density at radius 1 is 1.17 bits per heavy atom. The van der Waals surface area contributed by atoms with Gasteiger partial charge < -0.3 is 4.42 Å². The van der Waals surface area contributed by atoms with Crippen LogP contribution in [0.3, 0.4) is 0 Å². The lowest BCUT2D eigenvalue weighted by atomic mass is 10.2. The van der Waals surface area contributed by atoms with Gasteiger partial charge in [-0.15, -0.1) is 10.2 Å². The van der Waals surface area contributed by atoms with Gasteiger partial charge in [0.25, 0.3) is 5.89 Å². The van der Waals surface area contributed by atoms with E-state index in [0.29, 0.717) is 18.3 Å². The highest BCUT2D eigenvalue weighted by molar-refractivity contribution is 9.10. The summed E-state index contributed by atoms with van der Waals surface area (Å²) < 4.78 is 10.6. The average molecular weight is 379 g/mol. The molecule has 3 heterocycles. The Kier molecular flexibility index (Phi) is 4.09. The zero-order valence-corrected chi connectivity index (χ0v) is 15.4. The van der Waals surface area contributed by atoms with Gasteiger partial charge in [0.1, 0.15) is 0 Å². The van der Waals surface area contributed by atoms with Crippen molar-refractivity contribution < 1.29 is 4.42 Å². The van der Waals surface area contributed by atoms with E-state index < -0.39 is 0 Å². The Balaban J connectivity index is 1.82. The number of rotatable bonds is 4. The van der Waals surface area contributed by atoms with E-state index in [9.17, 15) is 0 Å². The Morgan fingerprint density at radius 2 is 1.91 bits per heavy atom. The van der Waals surface area contributed by atoms with Gasteiger partial charge in [-0.3, -0.25) is 9.36 Å². The third kappa shape index (κ3) is 2.95. The molecule has 0 aliphatic heterocycles. The van der Waals surface area contributed by atoms with Gasteiger partial charge >= 0.3 is 0 Å². The van der Waals surface area contributed by atoms with E-state index in [4.69, 9.17) is 4.42 Å². The molecule has 0 aliphatic rings. The maximum absolute atomic E-state index is 5.85. The molecule has 7 nitrogen and oxygen atoms in total. The molecule has 0 saturated carbocycles. The highest BCUT2D eigenvalue weighted by Gasteiger charge is 2.20. The number of nitrogens with zero attached hydrogens (tertiary/aromatic N) is 6. The number of halogens is 1. The lowest BCUT2D eigenvalue weighted by Gasteiger charge is -2.08. The fourth-order valence-corrected chi connectivity index (χ4v) is 2.83. The minimum absolute atomic E-state index is 0.0677. The second kappa shape index (κ2) is 5.92. The molecule has 0 radical (unpaired) electrons. The number of hydrogen-bond acceptors (Lipinski definition) is 5. The van der Waals surface area contributed by atoms with Crippen molar-refractivity contribution in [3.8, 4) is 11.5 Å². The third-order valence-electron chi connectivity index (χ3n) is 3.85. The molecule has 0 saturated heterocycles. The van der Waals surface area contributed by atoms with Gasteiger partial charge in [-0.2, -0.15) is 10.2 Å². The molecule has 122 valence electrons. The van der Waals surface area contributed by atoms with Crippen molar-refractivity contribution in [2.75, 3.05) is 0 Å². The number of aromatic nitrogens is 6. The molecule has 1 unspecified atom stereocenters. The van der Waals surface area contributed by atoms with Crippen LogP contribution in [0.5, 0.6) is 0 Å². The monoisotopic (exact) mass is 378 g/mol. The Hall–Kier alpha value is -1.96. The predicted molar refractivity (Wildman–Crippen MR) is 89.1 cm³/mol. The summed E-state index contributed by atoms with van der Waals surface area (Å²) in [6.07, 6.45) is 1.88. The summed E-state index contributed by atoms with van der Waals surface area (Å²) in [5.41, 5.74) is 3.81. The molecule has 0 fully saturated rings. The van der Waals surface area contributed by atoms with Crippen LogP contribution in [0.4, 0.5) is 0 Å². The first kappa shape index (κ1) is 15.9. The van der Waals surface area contributed by atoms with E-state index in [2.05, 4.69) is 43.2 Å². The highest BCUT2D eigenvalue weighted by Crippen LogP contribution is 2.26. The molecule has 3 aromatic rings. The fraction of sp³-hybridized carbons (Fsp3) is 0.467. The second-order valence-corrected chi connectivity index (χ2v) is 6.61. The molecule has 0 aromatic carbocycles. The maximum Gasteiger partial charge on any atom is 0.251 e. The van der Waals surface area contributed by atoms with Gasteiger partial charge in [0, 0.05) is 18.9 Å². The van der Waals surface area contributed by atoms with Crippen LogP contribution in [-0.4, -0.2) is 29.8 Å². The molecule has 0 spiro atoms. The first-order valence-electron chi connectivity index (χ1n) is 7.40. The summed E-state index contributed by atoms with van der Waals surface area (Å²) >= 11 is 3.55. The van der Waals surface area contributed by atoms with E-state index in [1.807, 2.05) is 38.7 Å².